The lowest BCUT2D eigenvalue weighted by Gasteiger charge is -2.34. The van der Waals surface area contributed by atoms with Gasteiger partial charge >= 0.3 is 6.18 Å². The SMILES string of the molecule is COc1cc2c(-c3ccc(NC(=O)Cc4ccc(C(F)(F)F)nc4)cc3)ncnc2cc1OCC1CCN(C(C)C)CC1. The molecule has 0 atom stereocenters. The van der Waals surface area contributed by atoms with Crippen molar-refractivity contribution >= 4 is 22.5 Å². The summed E-state index contributed by atoms with van der Waals surface area (Å²) < 4.78 is 50.1. The molecule has 0 aliphatic carbocycles. The van der Waals surface area contributed by atoms with E-state index in [9.17, 15) is 18.0 Å². The highest BCUT2D eigenvalue weighted by atomic mass is 19.4. The lowest BCUT2D eigenvalue weighted by Crippen LogP contribution is -2.39. The van der Waals surface area contributed by atoms with Gasteiger partial charge in [-0.15, -0.1) is 0 Å². The van der Waals surface area contributed by atoms with Crippen molar-refractivity contribution < 1.29 is 27.4 Å². The van der Waals surface area contributed by atoms with E-state index < -0.39 is 11.9 Å². The van der Waals surface area contributed by atoms with Crippen LogP contribution in [0.1, 0.15) is 37.9 Å². The van der Waals surface area contributed by atoms with E-state index in [2.05, 4.69) is 39.0 Å². The number of ether oxygens (including phenoxy) is 2. The first kappa shape index (κ1) is 30.2. The second-order valence-corrected chi connectivity index (χ2v) is 11.0. The van der Waals surface area contributed by atoms with Gasteiger partial charge in [0.15, 0.2) is 11.5 Å². The second kappa shape index (κ2) is 12.9. The van der Waals surface area contributed by atoms with Crippen molar-refractivity contribution in [2.45, 2.75) is 45.3 Å². The molecule has 1 fully saturated rings. The summed E-state index contributed by atoms with van der Waals surface area (Å²) in [7, 11) is 1.61. The fraction of sp³-hybridized carbons (Fsp3) is 0.375. The predicted octanol–water partition coefficient (Wildman–Crippen LogP) is 6.40. The minimum atomic E-state index is -4.52. The van der Waals surface area contributed by atoms with Crippen molar-refractivity contribution in [1.82, 2.24) is 19.9 Å². The number of methoxy groups -OCH3 is 1. The Balaban J connectivity index is 1.25. The molecule has 0 spiro atoms. The number of carbonyl (C=O) groups is 1. The van der Waals surface area contributed by atoms with Crippen molar-refractivity contribution in [3.63, 3.8) is 0 Å². The third-order valence-corrected chi connectivity index (χ3v) is 7.70. The number of nitrogens with zero attached hydrogens (tertiary/aromatic N) is 4. The fourth-order valence-corrected chi connectivity index (χ4v) is 5.21. The number of amides is 1. The van der Waals surface area contributed by atoms with Crippen LogP contribution in [-0.2, 0) is 17.4 Å². The van der Waals surface area contributed by atoms with Gasteiger partial charge in [-0.3, -0.25) is 9.78 Å². The molecule has 8 nitrogen and oxygen atoms in total. The van der Waals surface area contributed by atoms with Crippen molar-refractivity contribution in [3.05, 3.63) is 72.3 Å². The van der Waals surface area contributed by atoms with Gasteiger partial charge in [0.25, 0.3) is 0 Å². The van der Waals surface area contributed by atoms with Crippen molar-refractivity contribution in [2.75, 3.05) is 32.1 Å². The lowest BCUT2D eigenvalue weighted by molar-refractivity contribution is -0.141. The molecule has 0 bridgehead atoms. The number of aromatic nitrogens is 3. The van der Waals surface area contributed by atoms with Crippen molar-refractivity contribution in [2.24, 2.45) is 5.92 Å². The number of benzene rings is 2. The standard InChI is InChI=1S/C32H34F3N5O3/c1-20(2)40-12-10-21(11-13-40)18-43-28-16-26-25(15-27(28)42-3)31(38-19-37-26)23-5-7-24(8-6-23)39-30(41)14-22-4-9-29(36-17-22)32(33,34)35/h4-9,15-17,19-21H,10-14,18H2,1-3H3,(H,39,41). The maximum Gasteiger partial charge on any atom is 0.433 e. The number of hydrogen-bond donors (Lipinski definition) is 1. The first-order valence-corrected chi connectivity index (χ1v) is 14.2. The molecule has 1 amide bonds. The van der Waals surface area contributed by atoms with Crippen LogP contribution in [0.5, 0.6) is 11.5 Å². The van der Waals surface area contributed by atoms with Crippen LogP contribution in [0.15, 0.2) is 61.1 Å². The quantitative estimate of drug-likeness (QED) is 0.240. The maximum absolute atomic E-state index is 12.7. The molecule has 43 heavy (non-hydrogen) atoms. The van der Waals surface area contributed by atoms with Crippen LogP contribution in [0.4, 0.5) is 18.9 Å². The number of rotatable bonds is 9. The number of pyridine rings is 1. The van der Waals surface area contributed by atoms with E-state index in [-0.39, 0.29) is 12.3 Å². The Morgan fingerprint density at radius 1 is 1.02 bits per heavy atom. The van der Waals surface area contributed by atoms with Crippen molar-refractivity contribution in [1.29, 1.82) is 0 Å². The van der Waals surface area contributed by atoms with E-state index >= 15 is 0 Å². The summed E-state index contributed by atoms with van der Waals surface area (Å²) in [5, 5.41) is 3.56. The molecule has 3 heterocycles. The number of piperidine rings is 1. The largest absolute Gasteiger partial charge is 0.493 e. The van der Waals surface area contributed by atoms with Gasteiger partial charge in [0.05, 0.1) is 31.3 Å². The number of fused-ring (bicyclic) bond motifs is 1. The highest BCUT2D eigenvalue weighted by Gasteiger charge is 2.32. The number of alkyl halides is 3. The summed E-state index contributed by atoms with van der Waals surface area (Å²) in [4.78, 5) is 27.3. The molecule has 11 heteroatoms. The van der Waals surface area contributed by atoms with Crippen LogP contribution in [0.2, 0.25) is 0 Å². The summed E-state index contributed by atoms with van der Waals surface area (Å²) in [6.07, 6.45) is 0.136. The molecule has 1 saturated heterocycles. The third kappa shape index (κ3) is 7.40. The van der Waals surface area contributed by atoms with Crippen LogP contribution in [-0.4, -0.2) is 58.6 Å². The van der Waals surface area contributed by atoms with Gasteiger partial charge in [-0.25, -0.2) is 9.97 Å². The summed E-state index contributed by atoms with van der Waals surface area (Å²) >= 11 is 0. The number of likely N-dealkylation sites (tertiary alicyclic amines) is 1. The maximum atomic E-state index is 12.7. The molecule has 5 rings (SSSR count). The Labute approximate surface area is 248 Å². The van der Waals surface area contributed by atoms with E-state index in [0.717, 1.165) is 54.7 Å². The monoisotopic (exact) mass is 593 g/mol. The molecule has 0 saturated carbocycles. The summed E-state index contributed by atoms with van der Waals surface area (Å²) in [6, 6.07) is 13.6. The van der Waals surface area contributed by atoms with Gasteiger partial charge in [0.2, 0.25) is 5.91 Å². The normalized spacial score (nSPS) is 14.7. The highest BCUT2D eigenvalue weighted by molar-refractivity contribution is 5.95. The average molecular weight is 594 g/mol. The first-order chi connectivity index (χ1) is 20.6. The molecule has 2 aromatic carbocycles. The molecule has 1 aliphatic heterocycles. The van der Waals surface area contributed by atoms with Gasteiger partial charge in [0, 0.05) is 34.9 Å². The number of hydrogen-bond acceptors (Lipinski definition) is 7. The zero-order valence-electron chi connectivity index (χ0n) is 24.3. The van der Waals surface area contributed by atoms with Crippen LogP contribution >= 0.6 is 0 Å². The van der Waals surface area contributed by atoms with Gasteiger partial charge in [0.1, 0.15) is 12.0 Å². The Hall–Kier alpha value is -4.25. The molecule has 4 aromatic rings. The molecule has 0 radical (unpaired) electrons. The predicted molar refractivity (Wildman–Crippen MR) is 158 cm³/mol. The minimum absolute atomic E-state index is 0.106. The topological polar surface area (TPSA) is 89.5 Å². The summed E-state index contributed by atoms with van der Waals surface area (Å²) in [5.74, 6) is 1.36. The Bertz CT molecular complexity index is 1550. The molecule has 2 aromatic heterocycles. The number of carbonyl (C=O) groups excluding carboxylic acids is 1. The first-order valence-electron chi connectivity index (χ1n) is 14.2. The Morgan fingerprint density at radius 2 is 1.77 bits per heavy atom. The van der Waals surface area contributed by atoms with E-state index in [4.69, 9.17) is 9.47 Å². The van der Waals surface area contributed by atoms with Crippen LogP contribution in [0.25, 0.3) is 22.2 Å². The van der Waals surface area contributed by atoms with E-state index in [1.165, 1.54) is 12.4 Å². The van der Waals surface area contributed by atoms with Crippen LogP contribution < -0.4 is 14.8 Å². The number of nitrogens with one attached hydrogen (secondary N) is 1. The fourth-order valence-electron chi connectivity index (χ4n) is 5.21. The molecule has 1 N–H and O–H groups in total. The van der Waals surface area contributed by atoms with Crippen LogP contribution in [0.3, 0.4) is 0 Å². The van der Waals surface area contributed by atoms with Crippen molar-refractivity contribution in [3.8, 4) is 22.8 Å². The second-order valence-electron chi connectivity index (χ2n) is 11.0. The number of anilines is 1. The van der Waals surface area contributed by atoms with Gasteiger partial charge in [-0.05, 0) is 75.5 Å². The molecule has 1 aliphatic rings. The molecule has 0 unspecified atom stereocenters. The van der Waals surface area contributed by atoms with E-state index in [0.29, 0.717) is 47.0 Å². The molecular formula is C32H34F3N5O3. The van der Waals surface area contributed by atoms with Gasteiger partial charge < -0.3 is 19.7 Å². The molecular weight excluding hydrogens is 559 g/mol. The average Bonchev–Trinajstić information content (AvgIpc) is 2.99. The van der Waals surface area contributed by atoms with E-state index in [1.54, 1.807) is 19.2 Å². The summed E-state index contributed by atoms with van der Waals surface area (Å²) in [5.41, 5.74) is 2.15. The van der Waals surface area contributed by atoms with Gasteiger partial charge in [-0.1, -0.05) is 18.2 Å². The zero-order valence-corrected chi connectivity index (χ0v) is 24.3. The number of halogens is 3. The van der Waals surface area contributed by atoms with E-state index in [1.807, 2.05) is 24.3 Å². The van der Waals surface area contributed by atoms with Gasteiger partial charge in [-0.2, -0.15) is 13.2 Å². The zero-order chi connectivity index (χ0) is 30.6. The summed E-state index contributed by atoms with van der Waals surface area (Å²) in [6.45, 7) is 7.24. The highest BCUT2D eigenvalue weighted by Crippen LogP contribution is 2.36. The third-order valence-electron chi connectivity index (χ3n) is 7.70. The lowest BCUT2D eigenvalue weighted by atomic mass is 9.97. The molecule has 226 valence electrons. The smallest absolute Gasteiger partial charge is 0.433 e. The van der Waals surface area contributed by atoms with Crippen LogP contribution in [0, 0.1) is 5.92 Å². The Morgan fingerprint density at radius 3 is 2.40 bits per heavy atom. The Kier molecular flexibility index (Phi) is 9.10. The minimum Gasteiger partial charge on any atom is -0.493 e.